The summed E-state index contributed by atoms with van der Waals surface area (Å²) in [5.74, 6) is -1.33. The number of ether oxygens (including phenoxy) is 9. The standard InChI is InChI=1S/C54H99N5O16/c1-50(2,3)17-18-51(4,5)49(66)55-22-19-54(10,11)75-29-21-53(8,9)57-45(62)16-28-68-33-37-72-41-43-74-39-35-70-31-25-58(46(63)14-23-59-47(64)12-13-48(59)65)24-30-69-34-38-73-42-40-71-36-32-67-27-15-44(61)56-52(6,7)20-26-60/h12-13,60H,14-43H2,1-11H3,(H,55,66)(H,56,61)(H,57,62). The van der Waals surface area contributed by atoms with Crippen molar-refractivity contribution >= 4 is 35.4 Å². The van der Waals surface area contributed by atoms with E-state index in [2.05, 4.69) is 36.7 Å². The Morgan fingerprint density at radius 2 is 0.907 bits per heavy atom. The molecule has 0 radical (unpaired) electrons. The summed E-state index contributed by atoms with van der Waals surface area (Å²) in [4.78, 5) is 77.2. The molecule has 21 heteroatoms. The van der Waals surface area contributed by atoms with E-state index in [9.17, 15) is 28.8 Å². The normalized spacial score (nSPS) is 13.5. The van der Waals surface area contributed by atoms with Gasteiger partial charge in [-0.15, -0.1) is 0 Å². The Morgan fingerprint density at radius 1 is 0.507 bits per heavy atom. The Balaban J connectivity index is 2.18. The lowest BCUT2D eigenvalue weighted by Gasteiger charge is -2.31. The highest BCUT2D eigenvalue weighted by molar-refractivity contribution is 6.13. The molecule has 436 valence electrons. The zero-order valence-electron chi connectivity index (χ0n) is 47.8. The van der Waals surface area contributed by atoms with E-state index in [4.69, 9.17) is 47.7 Å². The summed E-state index contributed by atoms with van der Waals surface area (Å²) in [5.41, 5.74) is -1.63. The summed E-state index contributed by atoms with van der Waals surface area (Å²) in [6, 6.07) is 0. The number of amides is 6. The van der Waals surface area contributed by atoms with Gasteiger partial charge in [0.1, 0.15) is 0 Å². The fourth-order valence-corrected chi connectivity index (χ4v) is 7.04. The van der Waals surface area contributed by atoms with Gasteiger partial charge in [0.25, 0.3) is 11.8 Å². The average molecular weight is 1070 g/mol. The van der Waals surface area contributed by atoms with E-state index in [0.717, 1.165) is 17.7 Å². The Morgan fingerprint density at radius 3 is 1.32 bits per heavy atom. The molecule has 0 unspecified atom stereocenters. The maximum Gasteiger partial charge on any atom is 0.253 e. The van der Waals surface area contributed by atoms with E-state index in [1.54, 1.807) is 4.90 Å². The van der Waals surface area contributed by atoms with Crippen molar-refractivity contribution in [1.82, 2.24) is 25.8 Å². The van der Waals surface area contributed by atoms with Crippen LogP contribution in [-0.4, -0.2) is 212 Å². The molecule has 75 heavy (non-hydrogen) atoms. The van der Waals surface area contributed by atoms with Crippen LogP contribution in [0.1, 0.15) is 128 Å². The lowest BCUT2D eigenvalue weighted by molar-refractivity contribution is -0.139. The molecule has 0 spiro atoms. The van der Waals surface area contributed by atoms with Crippen molar-refractivity contribution in [2.45, 2.75) is 144 Å². The number of carbonyl (C=O) groups is 6. The van der Waals surface area contributed by atoms with Gasteiger partial charge < -0.3 is 68.6 Å². The van der Waals surface area contributed by atoms with Crippen LogP contribution in [0.2, 0.25) is 0 Å². The number of imide groups is 1. The molecular weight excluding hydrogens is 975 g/mol. The van der Waals surface area contributed by atoms with Crippen LogP contribution in [0.5, 0.6) is 0 Å². The highest BCUT2D eigenvalue weighted by Gasteiger charge is 2.30. The Bertz CT molecular complexity index is 1650. The van der Waals surface area contributed by atoms with Crippen molar-refractivity contribution in [2.75, 3.05) is 145 Å². The summed E-state index contributed by atoms with van der Waals surface area (Å²) in [6.45, 7) is 28.8. The second kappa shape index (κ2) is 38.0. The van der Waals surface area contributed by atoms with Gasteiger partial charge >= 0.3 is 0 Å². The van der Waals surface area contributed by atoms with E-state index in [1.165, 1.54) is 12.2 Å². The van der Waals surface area contributed by atoms with Crippen LogP contribution in [0, 0.1) is 10.8 Å². The molecule has 0 aromatic carbocycles. The number of hydrogen-bond acceptors (Lipinski definition) is 16. The molecule has 1 aliphatic rings. The number of hydrogen-bond donors (Lipinski definition) is 4. The first-order chi connectivity index (χ1) is 35.3. The number of rotatable bonds is 47. The maximum absolute atomic E-state index is 13.1. The first-order valence-electron chi connectivity index (χ1n) is 26.9. The largest absolute Gasteiger partial charge is 0.396 e. The number of aliphatic hydroxyl groups is 1. The van der Waals surface area contributed by atoms with Crippen molar-refractivity contribution in [3.05, 3.63) is 12.2 Å². The van der Waals surface area contributed by atoms with Crippen LogP contribution in [0.3, 0.4) is 0 Å². The van der Waals surface area contributed by atoms with Crippen molar-refractivity contribution in [3.8, 4) is 0 Å². The highest BCUT2D eigenvalue weighted by Crippen LogP contribution is 2.30. The van der Waals surface area contributed by atoms with Gasteiger partial charge in [0.2, 0.25) is 23.6 Å². The summed E-state index contributed by atoms with van der Waals surface area (Å²) in [7, 11) is 0. The van der Waals surface area contributed by atoms with E-state index >= 15 is 0 Å². The molecule has 0 atom stereocenters. The van der Waals surface area contributed by atoms with Gasteiger partial charge in [-0.05, 0) is 79.1 Å². The molecule has 0 aromatic heterocycles. The third-order valence-corrected chi connectivity index (χ3v) is 12.0. The predicted octanol–water partition coefficient (Wildman–Crippen LogP) is 3.76. The molecule has 0 bridgehead atoms. The van der Waals surface area contributed by atoms with E-state index in [0.29, 0.717) is 112 Å². The fourth-order valence-electron chi connectivity index (χ4n) is 7.04. The first kappa shape index (κ1) is 69.4. The Kier molecular flexibility index (Phi) is 35.2. The van der Waals surface area contributed by atoms with E-state index in [-0.39, 0.29) is 101 Å². The number of nitrogens with one attached hydrogen (secondary N) is 3. The van der Waals surface area contributed by atoms with Crippen molar-refractivity contribution in [2.24, 2.45) is 10.8 Å². The summed E-state index contributed by atoms with van der Waals surface area (Å²) in [5, 5.41) is 18.1. The minimum Gasteiger partial charge on any atom is -0.396 e. The smallest absolute Gasteiger partial charge is 0.253 e. The molecule has 21 nitrogen and oxygen atoms in total. The molecule has 0 saturated carbocycles. The van der Waals surface area contributed by atoms with Gasteiger partial charge in [-0.1, -0.05) is 34.6 Å². The van der Waals surface area contributed by atoms with E-state index < -0.39 is 33.9 Å². The molecule has 0 fully saturated rings. The molecular formula is C54H99N5O16. The second-order valence-corrected chi connectivity index (χ2v) is 22.3. The lowest BCUT2D eigenvalue weighted by atomic mass is 9.79. The van der Waals surface area contributed by atoms with Gasteiger partial charge in [0, 0.05) is 87.3 Å². The molecule has 0 aromatic rings. The molecule has 0 saturated heterocycles. The Hall–Kier alpha value is -3.64. The van der Waals surface area contributed by atoms with Crippen LogP contribution >= 0.6 is 0 Å². The number of carbonyl (C=O) groups excluding carboxylic acids is 6. The third-order valence-electron chi connectivity index (χ3n) is 12.0. The SMILES string of the molecule is CC(C)(C)CCC(C)(C)C(=O)NCCC(C)(C)OCCC(C)(C)NC(=O)CCOCCOCCOCCOCCN(CCOCCOCCOCCOCCC(=O)NC(C)(C)CCO)C(=O)CCN1C(=O)C=CC1=O. The van der Waals surface area contributed by atoms with Crippen LogP contribution < -0.4 is 16.0 Å². The van der Waals surface area contributed by atoms with Crippen molar-refractivity contribution in [1.29, 1.82) is 0 Å². The monoisotopic (exact) mass is 1070 g/mol. The zero-order valence-corrected chi connectivity index (χ0v) is 47.8. The van der Waals surface area contributed by atoms with Crippen LogP contribution in [0.15, 0.2) is 12.2 Å². The molecule has 1 heterocycles. The summed E-state index contributed by atoms with van der Waals surface area (Å²) in [6.07, 6.45) is 6.34. The molecule has 1 rings (SSSR count). The minimum absolute atomic E-state index is 0.00114. The highest BCUT2D eigenvalue weighted by atomic mass is 16.6. The molecule has 6 amide bonds. The van der Waals surface area contributed by atoms with Gasteiger partial charge in [0.15, 0.2) is 0 Å². The van der Waals surface area contributed by atoms with Gasteiger partial charge in [-0.3, -0.25) is 33.7 Å². The number of aliphatic hydroxyl groups excluding tert-OH is 1. The Labute approximate surface area is 448 Å². The molecule has 0 aliphatic carbocycles. The summed E-state index contributed by atoms with van der Waals surface area (Å²) >= 11 is 0. The quantitative estimate of drug-likeness (QED) is 0.0501. The topological polar surface area (TPSA) is 248 Å². The van der Waals surface area contributed by atoms with Crippen molar-refractivity contribution < 1.29 is 76.5 Å². The maximum atomic E-state index is 13.1. The average Bonchev–Trinajstić information content (AvgIpc) is 3.63. The summed E-state index contributed by atoms with van der Waals surface area (Å²) < 4.78 is 50.8. The van der Waals surface area contributed by atoms with Gasteiger partial charge in [-0.2, -0.15) is 0 Å². The van der Waals surface area contributed by atoms with Gasteiger partial charge in [0.05, 0.1) is 111 Å². The second-order valence-electron chi connectivity index (χ2n) is 22.3. The van der Waals surface area contributed by atoms with Crippen LogP contribution in [0.25, 0.3) is 0 Å². The first-order valence-corrected chi connectivity index (χ1v) is 26.9. The molecule has 4 N–H and O–H groups in total. The predicted molar refractivity (Wildman–Crippen MR) is 284 cm³/mol. The lowest BCUT2D eigenvalue weighted by Crippen LogP contribution is -2.45. The van der Waals surface area contributed by atoms with Crippen LogP contribution in [0.4, 0.5) is 0 Å². The fraction of sp³-hybridized carbons (Fsp3) is 0.852. The molecule has 1 aliphatic heterocycles. The van der Waals surface area contributed by atoms with Crippen molar-refractivity contribution in [3.63, 3.8) is 0 Å². The minimum atomic E-state index is -0.472. The van der Waals surface area contributed by atoms with Gasteiger partial charge in [-0.25, -0.2) is 0 Å². The zero-order chi connectivity index (χ0) is 56.2. The van der Waals surface area contributed by atoms with Crippen LogP contribution in [-0.2, 0) is 71.4 Å². The number of nitrogens with zero attached hydrogens (tertiary/aromatic N) is 2. The third kappa shape index (κ3) is 36.9. The van der Waals surface area contributed by atoms with E-state index in [1.807, 2.05) is 55.4 Å².